The average molecular weight is 222 g/mol. The number of aromatic nitrogens is 3. The molecule has 0 radical (unpaired) electrons. The number of thiazole rings is 1. The van der Waals surface area contributed by atoms with Crippen LogP contribution in [0.5, 0.6) is 0 Å². The fourth-order valence-electron chi connectivity index (χ4n) is 1.50. The highest BCUT2D eigenvalue weighted by molar-refractivity contribution is 7.13. The van der Waals surface area contributed by atoms with Gasteiger partial charge in [0.25, 0.3) is 0 Å². The molecule has 2 aromatic heterocycles. The van der Waals surface area contributed by atoms with E-state index in [-0.39, 0.29) is 0 Å². The molecule has 0 spiro atoms. The van der Waals surface area contributed by atoms with Crippen molar-refractivity contribution in [2.75, 3.05) is 7.05 Å². The molecule has 0 unspecified atom stereocenters. The van der Waals surface area contributed by atoms with Crippen molar-refractivity contribution in [3.05, 3.63) is 23.0 Å². The first-order valence-corrected chi connectivity index (χ1v) is 5.68. The van der Waals surface area contributed by atoms with E-state index in [1.165, 1.54) is 0 Å². The van der Waals surface area contributed by atoms with Crippen LogP contribution in [0, 0.1) is 6.92 Å². The molecule has 80 valence electrons. The Balaban J connectivity index is 2.32. The zero-order valence-corrected chi connectivity index (χ0v) is 9.93. The van der Waals surface area contributed by atoms with E-state index in [0.29, 0.717) is 0 Å². The maximum absolute atomic E-state index is 4.55. The lowest BCUT2D eigenvalue weighted by atomic mass is 10.3. The van der Waals surface area contributed by atoms with Crippen LogP contribution >= 0.6 is 11.3 Å². The van der Waals surface area contributed by atoms with Crippen LogP contribution in [0.2, 0.25) is 0 Å². The fraction of sp³-hybridized carbons (Fsp3) is 0.400. The second-order valence-corrected chi connectivity index (χ2v) is 4.33. The van der Waals surface area contributed by atoms with Crippen LogP contribution in [0.15, 0.2) is 11.6 Å². The van der Waals surface area contributed by atoms with Gasteiger partial charge in [0.05, 0.1) is 17.0 Å². The van der Waals surface area contributed by atoms with Crippen LogP contribution in [-0.4, -0.2) is 21.8 Å². The lowest BCUT2D eigenvalue weighted by molar-refractivity contribution is 0.756. The van der Waals surface area contributed by atoms with Crippen LogP contribution in [0.25, 0.3) is 10.6 Å². The molecule has 5 heteroatoms. The third-order valence-electron chi connectivity index (χ3n) is 2.15. The third-order valence-corrected chi connectivity index (χ3v) is 3.08. The van der Waals surface area contributed by atoms with Gasteiger partial charge in [0.2, 0.25) is 0 Å². The summed E-state index contributed by atoms with van der Waals surface area (Å²) in [6.07, 6.45) is 2.01. The highest BCUT2D eigenvalue weighted by Crippen LogP contribution is 2.25. The molecule has 0 aromatic carbocycles. The van der Waals surface area contributed by atoms with Crippen molar-refractivity contribution in [1.82, 2.24) is 20.1 Å². The molecular formula is C10H14N4S. The number of aryl methyl sites for hydroxylation is 2. The van der Waals surface area contributed by atoms with Crippen LogP contribution in [-0.2, 0) is 13.6 Å². The van der Waals surface area contributed by atoms with Crippen molar-refractivity contribution in [2.24, 2.45) is 7.05 Å². The largest absolute Gasteiger partial charge is 0.314 e. The Morgan fingerprint density at radius 3 is 2.93 bits per heavy atom. The van der Waals surface area contributed by atoms with Crippen molar-refractivity contribution < 1.29 is 0 Å². The molecule has 0 saturated carbocycles. The molecule has 0 aliphatic rings. The van der Waals surface area contributed by atoms with Crippen molar-refractivity contribution in [1.29, 1.82) is 0 Å². The summed E-state index contributed by atoms with van der Waals surface area (Å²) in [7, 11) is 3.85. The van der Waals surface area contributed by atoms with Crippen molar-refractivity contribution in [3.63, 3.8) is 0 Å². The Kier molecular flexibility index (Phi) is 2.83. The zero-order valence-electron chi connectivity index (χ0n) is 9.11. The molecule has 4 nitrogen and oxygen atoms in total. The molecule has 2 aromatic rings. The zero-order chi connectivity index (χ0) is 10.8. The number of hydrogen-bond donors (Lipinski definition) is 1. The van der Waals surface area contributed by atoms with E-state index in [9.17, 15) is 0 Å². The quantitative estimate of drug-likeness (QED) is 0.857. The number of hydrogen-bond acceptors (Lipinski definition) is 4. The molecule has 0 fully saturated rings. The summed E-state index contributed by atoms with van der Waals surface area (Å²) >= 11 is 1.67. The summed E-state index contributed by atoms with van der Waals surface area (Å²) in [5.74, 6) is 0. The maximum atomic E-state index is 4.55. The SMILES string of the molecule is CNCc1csc(-c2cn(C)nc2C)n1. The Labute approximate surface area is 93.0 Å². The summed E-state index contributed by atoms with van der Waals surface area (Å²) in [5, 5.41) is 10.5. The van der Waals surface area contributed by atoms with E-state index in [2.05, 4.69) is 20.8 Å². The molecule has 0 aliphatic heterocycles. The Morgan fingerprint density at radius 2 is 2.33 bits per heavy atom. The standard InChI is InChI=1S/C10H14N4S/c1-7-9(5-14(3)13-7)10-12-8(4-11-2)6-15-10/h5-6,11H,4H2,1-3H3. The molecule has 1 N–H and O–H groups in total. The smallest absolute Gasteiger partial charge is 0.127 e. The summed E-state index contributed by atoms with van der Waals surface area (Å²) in [6.45, 7) is 2.82. The number of nitrogens with zero attached hydrogens (tertiary/aromatic N) is 3. The second-order valence-electron chi connectivity index (χ2n) is 3.48. The molecule has 2 heterocycles. The van der Waals surface area contributed by atoms with E-state index in [1.807, 2.05) is 31.9 Å². The van der Waals surface area contributed by atoms with Crippen molar-refractivity contribution >= 4 is 11.3 Å². The first-order chi connectivity index (χ1) is 7.20. The van der Waals surface area contributed by atoms with Gasteiger partial charge in [0.1, 0.15) is 5.01 Å². The van der Waals surface area contributed by atoms with Gasteiger partial charge in [-0.25, -0.2) is 4.98 Å². The van der Waals surface area contributed by atoms with Crippen LogP contribution in [0.4, 0.5) is 0 Å². The summed E-state index contributed by atoms with van der Waals surface area (Å²) in [5.41, 5.74) is 3.24. The molecule has 2 rings (SSSR count). The molecule has 0 aliphatic carbocycles. The average Bonchev–Trinajstić information content (AvgIpc) is 2.73. The van der Waals surface area contributed by atoms with Gasteiger partial charge in [-0.3, -0.25) is 4.68 Å². The highest BCUT2D eigenvalue weighted by atomic mass is 32.1. The predicted octanol–water partition coefficient (Wildman–Crippen LogP) is 1.57. The maximum Gasteiger partial charge on any atom is 0.127 e. The minimum absolute atomic E-state index is 0.815. The molecule has 0 amide bonds. The monoisotopic (exact) mass is 222 g/mol. The summed E-state index contributed by atoms with van der Waals surface area (Å²) in [4.78, 5) is 4.55. The second kappa shape index (κ2) is 4.12. The van der Waals surface area contributed by atoms with E-state index in [1.54, 1.807) is 11.3 Å². The van der Waals surface area contributed by atoms with E-state index in [0.717, 1.165) is 28.5 Å². The van der Waals surface area contributed by atoms with Crippen molar-refractivity contribution in [3.8, 4) is 10.6 Å². The van der Waals surface area contributed by atoms with E-state index in [4.69, 9.17) is 0 Å². The van der Waals surface area contributed by atoms with Gasteiger partial charge in [0, 0.05) is 25.2 Å². The lowest BCUT2D eigenvalue weighted by Crippen LogP contribution is -2.04. The first-order valence-electron chi connectivity index (χ1n) is 4.80. The van der Waals surface area contributed by atoms with Gasteiger partial charge in [0.15, 0.2) is 0 Å². The lowest BCUT2D eigenvalue weighted by Gasteiger charge is -1.92. The minimum atomic E-state index is 0.815. The van der Waals surface area contributed by atoms with Gasteiger partial charge >= 0.3 is 0 Å². The normalized spacial score (nSPS) is 10.9. The van der Waals surface area contributed by atoms with E-state index < -0.39 is 0 Å². The van der Waals surface area contributed by atoms with Gasteiger partial charge in [-0.05, 0) is 14.0 Å². The summed E-state index contributed by atoms with van der Waals surface area (Å²) in [6, 6.07) is 0. The number of nitrogens with one attached hydrogen (secondary N) is 1. The van der Waals surface area contributed by atoms with Gasteiger partial charge in [-0.2, -0.15) is 5.10 Å². The third kappa shape index (κ3) is 2.08. The van der Waals surface area contributed by atoms with Crippen LogP contribution < -0.4 is 5.32 Å². The van der Waals surface area contributed by atoms with Gasteiger partial charge < -0.3 is 5.32 Å². The van der Waals surface area contributed by atoms with Gasteiger partial charge in [-0.1, -0.05) is 0 Å². The predicted molar refractivity (Wildman–Crippen MR) is 61.8 cm³/mol. The van der Waals surface area contributed by atoms with Crippen molar-refractivity contribution in [2.45, 2.75) is 13.5 Å². The first kappa shape index (κ1) is 10.3. The molecule has 15 heavy (non-hydrogen) atoms. The molecule has 0 saturated heterocycles. The Bertz CT molecular complexity index is 458. The molecule has 0 atom stereocenters. The number of rotatable bonds is 3. The molecular weight excluding hydrogens is 208 g/mol. The highest BCUT2D eigenvalue weighted by Gasteiger charge is 2.09. The molecule has 0 bridgehead atoms. The topological polar surface area (TPSA) is 42.7 Å². The summed E-state index contributed by atoms with van der Waals surface area (Å²) < 4.78 is 1.82. The Morgan fingerprint density at radius 1 is 1.53 bits per heavy atom. The Hall–Kier alpha value is -1.20. The van der Waals surface area contributed by atoms with Crippen LogP contribution in [0.3, 0.4) is 0 Å². The van der Waals surface area contributed by atoms with Gasteiger partial charge in [-0.15, -0.1) is 11.3 Å². The van der Waals surface area contributed by atoms with Crippen LogP contribution in [0.1, 0.15) is 11.4 Å². The fourth-order valence-corrected chi connectivity index (χ4v) is 2.38. The van der Waals surface area contributed by atoms with E-state index >= 15 is 0 Å². The minimum Gasteiger partial charge on any atom is -0.314 e.